The maximum absolute atomic E-state index is 9.99. The van der Waals surface area contributed by atoms with Crippen molar-refractivity contribution in [1.82, 2.24) is 0 Å². The van der Waals surface area contributed by atoms with Crippen molar-refractivity contribution >= 4 is 5.97 Å². The van der Waals surface area contributed by atoms with Crippen molar-refractivity contribution in [2.24, 2.45) is 0 Å². The van der Waals surface area contributed by atoms with Crippen LogP contribution in [-0.4, -0.2) is 12.6 Å². The third-order valence-electron chi connectivity index (χ3n) is 0.370. The molecular formula is C5H6O3. The van der Waals surface area contributed by atoms with Crippen molar-refractivity contribution in [3.63, 3.8) is 0 Å². The topological polar surface area (TPSA) is 35.5 Å². The number of rotatable bonds is 2. The van der Waals surface area contributed by atoms with Crippen LogP contribution in [0.15, 0.2) is 0 Å². The molecule has 0 aromatic heterocycles. The minimum absolute atomic E-state index is 0.313. The summed E-state index contributed by atoms with van der Waals surface area (Å²) in [5.74, 6) is 0.914. The Bertz CT molecular complexity index is 111. The SMILES string of the molecule is C#CC(=O)OOCC. The van der Waals surface area contributed by atoms with Gasteiger partial charge in [-0.2, -0.15) is 4.89 Å². The van der Waals surface area contributed by atoms with E-state index in [1.165, 1.54) is 0 Å². The molecule has 0 aromatic carbocycles. The minimum Gasteiger partial charge on any atom is -0.284 e. The van der Waals surface area contributed by atoms with Crippen molar-refractivity contribution in [2.75, 3.05) is 6.61 Å². The fourth-order valence-corrected chi connectivity index (χ4v) is 0.137. The molecule has 0 aliphatic rings. The summed E-state index contributed by atoms with van der Waals surface area (Å²) in [5.41, 5.74) is 0. The zero-order chi connectivity index (χ0) is 6.41. The molecule has 8 heavy (non-hydrogen) atoms. The van der Waals surface area contributed by atoms with Crippen molar-refractivity contribution in [1.29, 1.82) is 0 Å². The van der Waals surface area contributed by atoms with Crippen LogP contribution in [-0.2, 0) is 14.6 Å². The predicted octanol–water partition coefficient (Wildman–Crippen LogP) is 0.114. The van der Waals surface area contributed by atoms with Gasteiger partial charge in [0.25, 0.3) is 0 Å². The van der Waals surface area contributed by atoms with Crippen molar-refractivity contribution in [3.8, 4) is 12.3 Å². The molecule has 3 nitrogen and oxygen atoms in total. The first-order chi connectivity index (χ1) is 3.81. The van der Waals surface area contributed by atoms with Gasteiger partial charge in [-0.3, -0.25) is 4.89 Å². The Labute approximate surface area is 47.5 Å². The van der Waals surface area contributed by atoms with E-state index in [9.17, 15) is 4.79 Å². The fourth-order valence-electron chi connectivity index (χ4n) is 0.137. The summed E-state index contributed by atoms with van der Waals surface area (Å²) in [6.07, 6.45) is 4.61. The molecule has 44 valence electrons. The zero-order valence-electron chi connectivity index (χ0n) is 4.51. The highest BCUT2D eigenvalue weighted by molar-refractivity contribution is 5.87. The highest BCUT2D eigenvalue weighted by atomic mass is 17.2. The second kappa shape index (κ2) is 4.16. The van der Waals surface area contributed by atoms with Crippen LogP contribution < -0.4 is 0 Å². The first-order valence-electron chi connectivity index (χ1n) is 2.11. The molecule has 0 aromatic rings. The molecule has 0 N–H and O–H groups in total. The molecule has 3 heteroatoms. The van der Waals surface area contributed by atoms with Gasteiger partial charge in [0, 0.05) is 5.92 Å². The fraction of sp³-hybridized carbons (Fsp3) is 0.400. The van der Waals surface area contributed by atoms with Crippen LogP contribution in [0.25, 0.3) is 0 Å². The quantitative estimate of drug-likeness (QED) is 0.290. The van der Waals surface area contributed by atoms with Gasteiger partial charge in [-0.25, -0.2) is 4.79 Å². The van der Waals surface area contributed by atoms with Crippen molar-refractivity contribution < 1.29 is 14.6 Å². The Morgan fingerprint density at radius 3 is 2.88 bits per heavy atom. The molecule has 0 spiro atoms. The molecular weight excluding hydrogens is 108 g/mol. The van der Waals surface area contributed by atoms with Gasteiger partial charge in [0.2, 0.25) is 0 Å². The molecule has 0 aliphatic carbocycles. The van der Waals surface area contributed by atoms with Gasteiger partial charge < -0.3 is 0 Å². The van der Waals surface area contributed by atoms with Gasteiger partial charge in [0.05, 0.1) is 6.61 Å². The van der Waals surface area contributed by atoms with Crippen LogP contribution in [0, 0.1) is 12.3 Å². The van der Waals surface area contributed by atoms with Crippen LogP contribution in [0.4, 0.5) is 0 Å². The highest BCUT2D eigenvalue weighted by Crippen LogP contribution is 1.76. The third-order valence-corrected chi connectivity index (χ3v) is 0.370. The molecule has 0 amide bonds. The van der Waals surface area contributed by atoms with Crippen molar-refractivity contribution in [3.05, 3.63) is 0 Å². The summed E-state index contributed by atoms with van der Waals surface area (Å²) in [6.45, 7) is 2.00. The van der Waals surface area contributed by atoms with Crippen LogP contribution in [0.1, 0.15) is 6.92 Å². The number of carbonyl (C=O) groups excluding carboxylic acids is 1. The molecule has 0 saturated heterocycles. The number of hydrogen-bond acceptors (Lipinski definition) is 3. The Morgan fingerprint density at radius 2 is 2.50 bits per heavy atom. The lowest BCUT2D eigenvalue weighted by atomic mass is 10.7. The molecule has 0 rings (SSSR count). The number of terminal acetylenes is 1. The lowest BCUT2D eigenvalue weighted by molar-refractivity contribution is -0.263. The maximum Gasteiger partial charge on any atom is 0.416 e. The predicted molar refractivity (Wildman–Crippen MR) is 26.6 cm³/mol. The maximum atomic E-state index is 9.99. The normalized spacial score (nSPS) is 7.50. The molecule has 0 atom stereocenters. The van der Waals surface area contributed by atoms with Gasteiger partial charge in [-0.15, -0.1) is 6.42 Å². The standard InChI is InChI=1S/C5H6O3/c1-3-5(6)8-7-4-2/h1H,4H2,2H3. The van der Waals surface area contributed by atoms with Gasteiger partial charge in [-0.05, 0) is 6.92 Å². The van der Waals surface area contributed by atoms with Crippen LogP contribution in [0.3, 0.4) is 0 Å². The van der Waals surface area contributed by atoms with Crippen LogP contribution >= 0.6 is 0 Å². The minimum atomic E-state index is -0.799. The van der Waals surface area contributed by atoms with E-state index in [1.807, 2.05) is 0 Å². The average Bonchev–Trinajstić information content (AvgIpc) is 1.83. The second-order valence-corrected chi connectivity index (χ2v) is 0.922. The Morgan fingerprint density at radius 1 is 1.88 bits per heavy atom. The third kappa shape index (κ3) is 3.19. The summed E-state index contributed by atoms with van der Waals surface area (Å²) < 4.78 is 0. The molecule has 0 aliphatic heterocycles. The number of hydrogen-bond donors (Lipinski definition) is 0. The molecule has 0 heterocycles. The van der Waals surface area contributed by atoms with Gasteiger partial charge in [-0.1, -0.05) is 0 Å². The van der Waals surface area contributed by atoms with E-state index >= 15 is 0 Å². The van der Waals surface area contributed by atoms with Gasteiger partial charge >= 0.3 is 5.97 Å². The molecule has 0 unspecified atom stereocenters. The first kappa shape index (κ1) is 6.99. The van der Waals surface area contributed by atoms with E-state index in [0.717, 1.165) is 0 Å². The van der Waals surface area contributed by atoms with E-state index in [-0.39, 0.29) is 0 Å². The summed E-state index contributed by atoms with van der Waals surface area (Å²) >= 11 is 0. The van der Waals surface area contributed by atoms with E-state index in [2.05, 4.69) is 16.2 Å². The lowest BCUT2D eigenvalue weighted by Gasteiger charge is -1.92. The summed E-state index contributed by atoms with van der Waals surface area (Å²) in [4.78, 5) is 18.1. The summed E-state index contributed by atoms with van der Waals surface area (Å²) in [7, 11) is 0. The Balaban J connectivity index is 3.16. The summed E-state index contributed by atoms with van der Waals surface area (Å²) in [6, 6.07) is 0. The van der Waals surface area contributed by atoms with Crippen LogP contribution in [0.5, 0.6) is 0 Å². The van der Waals surface area contributed by atoms with Gasteiger partial charge in [0.1, 0.15) is 0 Å². The lowest BCUT2D eigenvalue weighted by Crippen LogP contribution is -2.00. The first-order valence-corrected chi connectivity index (χ1v) is 2.11. The molecule has 0 bridgehead atoms. The smallest absolute Gasteiger partial charge is 0.284 e. The molecule has 0 radical (unpaired) electrons. The van der Waals surface area contributed by atoms with E-state index in [0.29, 0.717) is 6.61 Å². The molecule has 0 saturated carbocycles. The average molecular weight is 114 g/mol. The summed E-state index contributed by atoms with van der Waals surface area (Å²) in [5, 5.41) is 0. The second-order valence-electron chi connectivity index (χ2n) is 0.922. The zero-order valence-corrected chi connectivity index (χ0v) is 4.51. The Hall–Kier alpha value is -1.01. The monoisotopic (exact) mass is 114 g/mol. The Kier molecular flexibility index (Phi) is 3.63. The largest absolute Gasteiger partial charge is 0.416 e. The number of carbonyl (C=O) groups is 1. The van der Waals surface area contributed by atoms with Gasteiger partial charge in [0.15, 0.2) is 0 Å². The van der Waals surface area contributed by atoms with E-state index in [1.54, 1.807) is 12.8 Å². The van der Waals surface area contributed by atoms with E-state index in [4.69, 9.17) is 0 Å². The molecule has 0 fully saturated rings. The van der Waals surface area contributed by atoms with E-state index < -0.39 is 5.97 Å². The van der Waals surface area contributed by atoms with Crippen LogP contribution in [0.2, 0.25) is 0 Å². The van der Waals surface area contributed by atoms with Crippen molar-refractivity contribution in [2.45, 2.75) is 6.92 Å². The highest BCUT2D eigenvalue weighted by Gasteiger charge is 1.92.